The number of rotatable bonds is 0. The minimum absolute atomic E-state index is 0. The summed E-state index contributed by atoms with van der Waals surface area (Å²) in [5, 5.41) is 2.75. The topological polar surface area (TPSA) is 0 Å². The monoisotopic (exact) mass is 456 g/mol. The van der Waals surface area contributed by atoms with Crippen molar-refractivity contribution in [2.75, 3.05) is 0 Å². The predicted octanol–water partition coefficient (Wildman–Crippen LogP) is 6.79. The third kappa shape index (κ3) is 10.1. The fourth-order valence-electron chi connectivity index (χ4n) is 2.14. The second kappa shape index (κ2) is 13.2. The first-order chi connectivity index (χ1) is 10.3. The molecule has 1 aliphatic carbocycles. The molecule has 0 bridgehead atoms. The van der Waals surface area contributed by atoms with Crippen molar-refractivity contribution in [2.45, 2.75) is 45.7 Å². The zero-order valence-electron chi connectivity index (χ0n) is 15.2. The summed E-state index contributed by atoms with van der Waals surface area (Å²) < 4.78 is 0. The minimum Gasteiger partial charge on any atom is -0.273 e. The van der Waals surface area contributed by atoms with E-state index in [1.165, 1.54) is 16.3 Å². The van der Waals surface area contributed by atoms with Gasteiger partial charge in [0.2, 0.25) is 0 Å². The van der Waals surface area contributed by atoms with Crippen molar-refractivity contribution >= 4 is 41.0 Å². The molecule has 1 aliphatic rings. The van der Waals surface area contributed by atoms with Gasteiger partial charge in [-0.05, 0) is 0 Å². The fraction of sp³-hybridized carbons (Fsp3) is 0.350. The van der Waals surface area contributed by atoms with Crippen LogP contribution in [-0.2, 0) is 28.8 Å². The SMILES string of the molecule is CC(C)(C)c1c[cH-]c2ccccc12.C[Si](C)=[Zr+2].Cl.Cl.[C-]1=CC=CC1. The maximum absolute atomic E-state index is 2.99. The molecule has 0 N–H and O–H groups in total. The Bertz CT molecular complexity index is 650. The third-order valence-electron chi connectivity index (χ3n) is 3.07. The second-order valence-corrected chi connectivity index (χ2v) is 16.0. The molecule has 2 aromatic carbocycles. The zero-order chi connectivity index (χ0) is 16.6. The third-order valence-corrected chi connectivity index (χ3v) is 3.07. The van der Waals surface area contributed by atoms with E-state index in [1.54, 1.807) is 23.3 Å². The number of halogens is 2. The average Bonchev–Trinajstić information content (AvgIpc) is 3.10. The molecule has 0 nitrogen and oxygen atoms in total. The van der Waals surface area contributed by atoms with Gasteiger partial charge in [0.25, 0.3) is 0 Å². The van der Waals surface area contributed by atoms with Crippen LogP contribution in [0.15, 0.2) is 54.6 Å². The molecule has 0 spiro atoms. The molecular weight excluding hydrogens is 430 g/mol. The molecule has 0 fully saturated rings. The summed E-state index contributed by atoms with van der Waals surface area (Å²) in [5.74, 6) is 0. The Kier molecular flexibility index (Phi) is 14.5. The van der Waals surface area contributed by atoms with Gasteiger partial charge in [-0.25, -0.2) is 12.2 Å². The van der Waals surface area contributed by atoms with Crippen molar-refractivity contribution in [2.24, 2.45) is 0 Å². The Morgan fingerprint density at radius 2 is 1.71 bits per heavy atom. The Morgan fingerprint density at radius 3 is 2.12 bits per heavy atom. The van der Waals surface area contributed by atoms with Crippen molar-refractivity contribution in [3.05, 3.63) is 66.3 Å². The Morgan fingerprint density at radius 1 is 1.12 bits per heavy atom. The van der Waals surface area contributed by atoms with Gasteiger partial charge in [0.15, 0.2) is 0 Å². The van der Waals surface area contributed by atoms with E-state index in [2.05, 4.69) is 82.4 Å². The van der Waals surface area contributed by atoms with Crippen LogP contribution in [0.5, 0.6) is 0 Å². The fourth-order valence-corrected chi connectivity index (χ4v) is 2.14. The van der Waals surface area contributed by atoms with E-state index >= 15 is 0 Å². The number of fused-ring (bicyclic) bond motifs is 1. The van der Waals surface area contributed by atoms with Crippen LogP contribution in [0.1, 0.15) is 32.8 Å². The van der Waals surface area contributed by atoms with Gasteiger partial charge in [-0.2, -0.15) is 6.08 Å². The summed E-state index contributed by atoms with van der Waals surface area (Å²) in [6, 6.07) is 13.0. The first-order valence-electron chi connectivity index (χ1n) is 7.71. The summed E-state index contributed by atoms with van der Waals surface area (Å²) in [6.45, 7) is 11.4. The largest absolute Gasteiger partial charge is 0.273 e. The van der Waals surface area contributed by atoms with Gasteiger partial charge in [-0.15, -0.1) is 77.9 Å². The van der Waals surface area contributed by atoms with Crippen LogP contribution in [0, 0.1) is 6.08 Å². The zero-order valence-corrected chi connectivity index (χ0v) is 20.3. The molecule has 0 saturated heterocycles. The molecule has 0 aromatic heterocycles. The number of hydrogen-bond acceptors (Lipinski definition) is 0. The summed E-state index contributed by atoms with van der Waals surface area (Å²) in [6.07, 6.45) is 10.0. The Balaban J connectivity index is 0. The molecule has 130 valence electrons. The van der Waals surface area contributed by atoms with E-state index in [9.17, 15) is 0 Å². The Hall–Kier alpha value is -0.0100. The van der Waals surface area contributed by atoms with Crippen LogP contribution in [0.4, 0.5) is 0 Å². The molecular formula is C20H28Cl2SiZr. The number of allylic oxidation sites excluding steroid dienone is 4. The summed E-state index contributed by atoms with van der Waals surface area (Å²) in [5.41, 5.74) is 1.91. The first kappa shape index (κ1) is 26.2. The van der Waals surface area contributed by atoms with Crippen molar-refractivity contribution in [3.63, 3.8) is 0 Å². The summed E-state index contributed by atoms with van der Waals surface area (Å²) >= 11 is 1.74. The molecule has 0 heterocycles. The molecule has 0 unspecified atom stereocenters. The van der Waals surface area contributed by atoms with E-state index in [0.29, 0.717) is 0 Å². The van der Waals surface area contributed by atoms with Crippen LogP contribution < -0.4 is 0 Å². The molecule has 0 saturated carbocycles. The first-order valence-corrected chi connectivity index (χ1v) is 13.9. The minimum atomic E-state index is 0. The van der Waals surface area contributed by atoms with Gasteiger partial charge in [-0.1, -0.05) is 32.3 Å². The van der Waals surface area contributed by atoms with Crippen LogP contribution in [-0.4, -0.2) is 5.43 Å². The van der Waals surface area contributed by atoms with Gasteiger partial charge in [0.1, 0.15) is 0 Å². The van der Waals surface area contributed by atoms with Gasteiger partial charge in [0, 0.05) is 0 Å². The van der Waals surface area contributed by atoms with Gasteiger partial charge in [0.05, 0.1) is 0 Å². The number of hydrogen-bond donors (Lipinski definition) is 0. The van der Waals surface area contributed by atoms with Crippen LogP contribution in [0.3, 0.4) is 0 Å². The van der Waals surface area contributed by atoms with Crippen molar-refractivity contribution in [3.8, 4) is 0 Å². The standard InChI is InChI=1S/C13H15.C5H5.C2H6Si.2ClH.Zr/c1-13(2,3)12-9-8-10-6-4-5-7-11(10)12;1-2-4-5-3-1;1-3-2;;;/h4-9H,1-3H3;1-3H,4H2;1-2H3;2*1H;/q2*-1;;;;+2. The molecule has 0 aliphatic heterocycles. The predicted molar refractivity (Wildman–Crippen MR) is 112 cm³/mol. The normalized spacial score (nSPS) is 11.5. The van der Waals surface area contributed by atoms with Crippen molar-refractivity contribution in [1.29, 1.82) is 0 Å². The summed E-state index contributed by atoms with van der Waals surface area (Å²) in [4.78, 5) is 0. The maximum atomic E-state index is 2.99. The van der Waals surface area contributed by atoms with Gasteiger partial charge >= 0.3 is 41.9 Å². The quantitative estimate of drug-likeness (QED) is 0.301. The molecule has 2 aromatic rings. The second-order valence-electron chi connectivity index (χ2n) is 6.59. The van der Waals surface area contributed by atoms with E-state index in [4.69, 9.17) is 0 Å². The van der Waals surface area contributed by atoms with E-state index in [1.807, 2.05) is 12.2 Å². The molecule has 24 heavy (non-hydrogen) atoms. The van der Waals surface area contributed by atoms with Gasteiger partial charge in [-0.3, -0.25) is 6.08 Å². The van der Waals surface area contributed by atoms with Crippen molar-refractivity contribution < 1.29 is 23.3 Å². The van der Waals surface area contributed by atoms with Crippen LogP contribution in [0.2, 0.25) is 13.1 Å². The average molecular weight is 459 g/mol. The van der Waals surface area contributed by atoms with Crippen molar-refractivity contribution in [1.82, 2.24) is 0 Å². The molecule has 3 rings (SSSR count). The molecule has 4 heteroatoms. The van der Waals surface area contributed by atoms with E-state index in [-0.39, 0.29) is 35.7 Å². The van der Waals surface area contributed by atoms with Crippen LogP contribution >= 0.6 is 24.8 Å². The molecule has 0 atom stereocenters. The smallest absolute Gasteiger partial charge is 0.109 e. The maximum Gasteiger partial charge on any atom is -0.109 e. The van der Waals surface area contributed by atoms with E-state index in [0.717, 1.165) is 6.42 Å². The van der Waals surface area contributed by atoms with Crippen LogP contribution in [0.25, 0.3) is 10.8 Å². The molecule has 0 radical (unpaired) electrons. The molecule has 0 amide bonds. The summed E-state index contributed by atoms with van der Waals surface area (Å²) in [7, 11) is 0. The Labute approximate surface area is 175 Å². The van der Waals surface area contributed by atoms with Gasteiger partial charge < -0.3 is 0 Å². The van der Waals surface area contributed by atoms with E-state index < -0.39 is 0 Å². The number of benzene rings is 1.